The van der Waals surface area contributed by atoms with Crippen molar-refractivity contribution >= 4 is 5.91 Å². The van der Waals surface area contributed by atoms with Crippen LogP contribution in [-0.4, -0.2) is 13.0 Å². The molecule has 2 aromatic rings. The Balaban J connectivity index is 2.21. The van der Waals surface area contributed by atoms with E-state index < -0.39 is 0 Å². The first kappa shape index (κ1) is 15.1. The highest BCUT2D eigenvalue weighted by Gasteiger charge is 2.16. The van der Waals surface area contributed by atoms with E-state index in [1.54, 1.807) is 19.2 Å². The molecule has 0 unspecified atom stereocenters. The molecule has 110 valence electrons. The molecular formula is C18H21NO2. The number of carbonyl (C=O) groups excluding carboxylic acids is 1. The number of ether oxygens (including phenoxy) is 1. The minimum absolute atomic E-state index is 0.0534. The van der Waals surface area contributed by atoms with E-state index in [-0.39, 0.29) is 11.9 Å². The summed E-state index contributed by atoms with van der Waals surface area (Å²) < 4.78 is 5.24. The van der Waals surface area contributed by atoms with Gasteiger partial charge in [-0.05, 0) is 44.0 Å². The van der Waals surface area contributed by atoms with E-state index >= 15 is 0 Å². The number of para-hydroxylation sites is 1. The van der Waals surface area contributed by atoms with E-state index in [4.69, 9.17) is 4.74 Å². The Morgan fingerprint density at radius 1 is 1.14 bits per heavy atom. The van der Waals surface area contributed by atoms with Crippen LogP contribution in [0.15, 0.2) is 42.5 Å². The van der Waals surface area contributed by atoms with Crippen LogP contribution < -0.4 is 10.1 Å². The molecule has 0 aliphatic rings. The fourth-order valence-electron chi connectivity index (χ4n) is 2.41. The van der Waals surface area contributed by atoms with E-state index in [1.165, 1.54) is 11.1 Å². The highest BCUT2D eigenvalue weighted by molar-refractivity contribution is 5.97. The van der Waals surface area contributed by atoms with Gasteiger partial charge in [0, 0.05) is 0 Å². The molecule has 0 bridgehead atoms. The Morgan fingerprint density at radius 2 is 1.86 bits per heavy atom. The molecule has 0 aliphatic carbocycles. The summed E-state index contributed by atoms with van der Waals surface area (Å²) in [5.41, 5.74) is 4.05. The summed E-state index contributed by atoms with van der Waals surface area (Å²) in [6, 6.07) is 13.5. The lowest BCUT2D eigenvalue weighted by molar-refractivity contribution is 0.0937. The van der Waals surface area contributed by atoms with Crippen LogP contribution in [0.5, 0.6) is 5.75 Å². The molecule has 0 saturated carbocycles. The molecule has 0 radical (unpaired) electrons. The molecule has 21 heavy (non-hydrogen) atoms. The Hall–Kier alpha value is -2.29. The molecule has 0 heterocycles. The number of benzene rings is 2. The first-order chi connectivity index (χ1) is 10.0. The SMILES string of the molecule is COc1ccccc1C(=O)N[C@H](C)c1cc(C)ccc1C. The Labute approximate surface area is 126 Å². The predicted molar refractivity (Wildman–Crippen MR) is 84.8 cm³/mol. The van der Waals surface area contributed by atoms with E-state index in [0.29, 0.717) is 11.3 Å². The third kappa shape index (κ3) is 3.43. The van der Waals surface area contributed by atoms with Crippen LogP contribution in [0.25, 0.3) is 0 Å². The third-order valence-corrected chi connectivity index (χ3v) is 3.60. The fraction of sp³-hybridized carbons (Fsp3) is 0.278. The lowest BCUT2D eigenvalue weighted by atomic mass is 9.99. The average molecular weight is 283 g/mol. The molecule has 0 spiro atoms. The van der Waals surface area contributed by atoms with Crippen LogP contribution in [0, 0.1) is 13.8 Å². The van der Waals surface area contributed by atoms with Crippen LogP contribution in [0.2, 0.25) is 0 Å². The van der Waals surface area contributed by atoms with Gasteiger partial charge >= 0.3 is 0 Å². The Bertz CT molecular complexity index is 649. The van der Waals surface area contributed by atoms with Crippen molar-refractivity contribution in [3.8, 4) is 5.75 Å². The monoisotopic (exact) mass is 283 g/mol. The number of hydrogen-bond acceptors (Lipinski definition) is 2. The molecular weight excluding hydrogens is 262 g/mol. The standard InChI is InChI=1S/C18H21NO2/c1-12-9-10-13(2)16(11-12)14(3)19-18(20)15-7-5-6-8-17(15)21-4/h5-11,14H,1-4H3,(H,19,20)/t14-/m1/s1. The van der Waals surface area contributed by atoms with Gasteiger partial charge < -0.3 is 10.1 Å². The maximum Gasteiger partial charge on any atom is 0.255 e. The van der Waals surface area contributed by atoms with Gasteiger partial charge in [0.25, 0.3) is 5.91 Å². The number of amides is 1. The molecule has 1 atom stereocenters. The summed E-state index contributed by atoms with van der Waals surface area (Å²) in [4.78, 5) is 12.4. The summed E-state index contributed by atoms with van der Waals surface area (Å²) >= 11 is 0. The lowest BCUT2D eigenvalue weighted by Crippen LogP contribution is -2.27. The largest absolute Gasteiger partial charge is 0.496 e. The van der Waals surface area contributed by atoms with Gasteiger partial charge in [-0.1, -0.05) is 35.9 Å². The number of aryl methyl sites for hydroxylation is 2. The van der Waals surface area contributed by atoms with Crippen LogP contribution in [0.4, 0.5) is 0 Å². The zero-order valence-electron chi connectivity index (χ0n) is 12.9. The van der Waals surface area contributed by atoms with Crippen LogP contribution in [-0.2, 0) is 0 Å². The smallest absolute Gasteiger partial charge is 0.255 e. The van der Waals surface area contributed by atoms with Crippen molar-refractivity contribution in [3.05, 3.63) is 64.7 Å². The fourth-order valence-corrected chi connectivity index (χ4v) is 2.41. The number of carbonyl (C=O) groups is 1. The number of hydrogen-bond donors (Lipinski definition) is 1. The van der Waals surface area contributed by atoms with Gasteiger partial charge in [0.2, 0.25) is 0 Å². The Kier molecular flexibility index (Phi) is 4.63. The van der Waals surface area contributed by atoms with Crippen molar-refractivity contribution in [2.45, 2.75) is 26.8 Å². The lowest BCUT2D eigenvalue weighted by Gasteiger charge is -2.18. The van der Waals surface area contributed by atoms with Crippen molar-refractivity contribution < 1.29 is 9.53 Å². The molecule has 0 saturated heterocycles. The van der Waals surface area contributed by atoms with Crippen molar-refractivity contribution in [1.82, 2.24) is 5.32 Å². The molecule has 3 nitrogen and oxygen atoms in total. The predicted octanol–water partition coefficient (Wildman–Crippen LogP) is 3.80. The maximum atomic E-state index is 12.4. The van der Waals surface area contributed by atoms with Gasteiger partial charge in [-0.3, -0.25) is 4.79 Å². The zero-order chi connectivity index (χ0) is 15.4. The normalized spacial score (nSPS) is 11.8. The van der Waals surface area contributed by atoms with E-state index in [0.717, 1.165) is 5.56 Å². The number of methoxy groups -OCH3 is 1. The number of rotatable bonds is 4. The van der Waals surface area contributed by atoms with E-state index in [9.17, 15) is 4.79 Å². The first-order valence-electron chi connectivity index (χ1n) is 7.04. The summed E-state index contributed by atoms with van der Waals surface area (Å²) in [7, 11) is 1.57. The molecule has 1 amide bonds. The van der Waals surface area contributed by atoms with Crippen LogP contribution in [0.3, 0.4) is 0 Å². The minimum atomic E-state index is -0.124. The van der Waals surface area contributed by atoms with E-state index in [1.807, 2.05) is 19.1 Å². The van der Waals surface area contributed by atoms with Crippen LogP contribution in [0.1, 0.15) is 40.0 Å². The van der Waals surface area contributed by atoms with Crippen molar-refractivity contribution in [1.29, 1.82) is 0 Å². The minimum Gasteiger partial charge on any atom is -0.496 e. The van der Waals surface area contributed by atoms with Gasteiger partial charge in [0.1, 0.15) is 5.75 Å². The molecule has 2 rings (SSSR count). The van der Waals surface area contributed by atoms with Crippen molar-refractivity contribution in [2.75, 3.05) is 7.11 Å². The number of nitrogens with one attached hydrogen (secondary N) is 1. The van der Waals surface area contributed by atoms with Crippen LogP contribution >= 0.6 is 0 Å². The van der Waals surface area contributed by atoms with Crippen molar-refractivity contribution in [3.63, 3.8) is 0 Å². The zero-order valence-corrected chi connectivity index (χ0v) is 12.9. The summed E-state index contributed by atoms with van der Waals surface area (Å²) in [5, 5.41) is 3.04. The first-order valence-corrected chi connectivity index (χ1v) is 7.04. The molecule has 2 aromatic carbocycles. The topological polar surface area (TPSA) is 38.3 Å². The molecule has 0 fully saturated rings. The van der Waals surface area contributed by atoms with Gasteiger partial charge in [0.15, 0.2) is 0 Å². The molecule has 0 aliphatic heterocycles. The molecule has 0 aromatic heterocycles. The van der Waals surface area contributed by atoms with Gasteiger partial charge in [0.05, 0.1) is 18.7 Å². The van der Waals surface area contributed by atoms with Crippen molar-refractivity contribution in [2.24, 2.45) is 0 Å². The quantitative estimate of drug-likeness (QED) is 0.926. The second-order valence-corrected chi connectivity index (χ2v) is 5.26. The maximum absolute atomic E-state index is 12.4. The summed E-state index contributed by atoms with van der Waals surface area (Å²) in [6.45, 7) is 6.10. The third-order valence-electron chi connectivity index (χ3n) is 3.60. The van der Waals surface area contributed by atoms with Gasteiger partial charge in [-0.15, -0.1) is 0 Å². The van der Waals surface area contributed by atoms with Gasteiger partial charge in [-0.25, -0.2) is 0 Å². The second kappa shape index (κ2) is 6.44. The van der Waals surface area contributed by atoms with Gasteiger partial charge in [-0.2, -0.15) is 0 Å². The summed E-state index contributed by atoms with van der Waals surface area (Å²) in [5.74, 6) is 0.462. The highest BCUT2D eigenvalue weighted by Crippen LogP contribution is 2.21. The second-order valence-electron chi connectivity index (χ2n) is 5.26. The average Bonchev–Trinajstić information content (AvgIpc) is 2.49. The molecule has 1 N–H and O–H groups in total. The molecule has 3 heteroatoms. The Morgan fingerprint density at radius 3 is 2.57 bits per heavy atom. The highest BCUT2D eigenvalue weighted by atomic mass is 16.5. The summed E-state index contributed by atoms with van der Waals surface area (Å²) in [6.07, 6.45) is 0. The van der Waals surface area contributed by atoms with E-state index in [2.05, 4.69) is 37.4 Å².